The van der Waals surface area contributed by atoms with Gasteiger partial charge in [-0.25, -0.2) is 0 Å². The molecule has 0 fully saturated rings. The number of rotatable bonds is 8. The summed E-state index contributed by atoms with van der Waals surface area (Å²) in [5.41, 5.74) is 5.23. The molecular formula is C14H23NO3. The molecule has 1 aromatic rings. The predicted octanol–water partition coefficient (Wildman–Crippen LogP) is 1.95. The molecule has 1 atom stereocenters. The van der Waals surface area contributed by atoms with E-state index in [1.165, 1.54) is 0 Å². The van der Waals surface area contributed by atoms with E-state index in [0.717, 1.165) is 24.5 Å². The molecule has 0 aliphatic rings. The lowest BCUT2D eigenvalue weighted by Crippen LogP contribution is -2.41. The number of aliphatic hydroxyl groups is 1. The van der Waals surface area contributed by atoms with Crippen molar-refractivity contribution in [2.45, 2.75) is 32.2 Å². The molecule has 1 unspecified atom stereocenters. The molecule has 3 N–H and O–H groups in total. The maximum atomic E-state index is 9.01. The Morgan fingerprint density at radius 1 is 1.11 bits per heavy atom. The van der Waals surface area contributed by atoms with E-state index in [4.69, 9.17) is 20.3 Å². The van der Waals surface area contributed by atoms with Crippen molar-refractivity contribution in [1.82, 2.24) is 0 Å². The van der Waals surface area contributed by atoms with Crippen molar-refractivity contribution < 1.29 is 14.6 Å². The molecule has 1 rings (SSSR count). The second kappa shape index (κ2) is 7.24. The molecule has 0 spiro atoms. The molecule has 0 aromatic heterocycles. The van der Waals surface area contributed by atoms with Crippen LogP contribution in [0.25, 0.3) is 0 Å². The molecule has 0 bridgehead atoms. The lowest BCUT2D eigenvalue weighted by Gasteiger charge is -2.21. The SMILES string of the molecule is CCCOc1ccc(OCCC(C)(N)CO)cc1. The summed E-state index contributed by atoms with van der Waals surface area (Å²) in [4.78, 5) is 0. The van der Waals surface area contributed by atoms with Crippen LogP contribution in [-0.4, -0.2) is 30.5 Å². The van der Waals surface area contributed by atoms with Gasteiger partial charge in [-0.1, -0.05) is 6.92 Å². The van der Waals surface area contributed by atoms with Gasteiger partial charge < -0.3 is 20.3 Å². The first-order valence-corrected chi connectivity index (χ1v) is 6.33. The largest absolute Gasteiger partial charge is 0.494 e. The Labute approximate surface area is 109 Å². The molecule has 0 amide bonds. The lowest BCUT2D eigenvalue weighted by atomic mass is 10.0. The fourth-order valence-electron chi connectivity index (χ4n) is 1.33. The van der Waals surface area contributed by atoms with Gasteiger partial charge in [0.2, 0.25) is 0 Å². The van der Waals surface area contributed by atoms with Crippen molar-refractivity contribution in [3.63, 3.8) is 0 Å². The van der Waals surface area contributed by atoms with E-state index in [1.807, 2.05) is 24.3 Å². The zero-order chi connectivity index (χ0) is 13.4. The van der Waals surface area contributed by atoms with Gasteiger partial charge in [-0.05, 0) is 37.6 Å². The van der Waals surface area contributed by atoms with Crippen molar-refractivity contribution in [2.24, 2.45) is 5.73 Å². The maximum Gasteiger partial charge on any atom is 0.119 e. The fourth-order valence-corrected chi connectivity index (χ4v) is 1.33. The summed E-state index contributed by atoms with van der Waals surface area (Å²) >= 11 is 0. The number of aliphatic hydroxyl groups excluding tert-OH is 1. The van der Waals surface area contributed by atoms with Crippen LogP contribution in [0.3, 0.4) is 0 Å². The average Bonchev–Trinajstić information content (AvgIpc) is 2.38. The van der Waals surface area contributed by atoms with Gasteiger partial charge in [-0.15, -0.1) is 0 Å². The van der Waals surface area contributed by atoms with Gasteiger partial charge in [0, 0.05) is 12.0 Å². The molecule has 0 saturated carbocycles. The summed E-state index contributed by atoms with van der Waals surface area (Å²) in [6, 6.07) is 7.52. The standard InChI is InChI=1S/C14H23NO3/c1-3-9-17-12-4-6-13(7-5-12)18-10-8-14(2,15)11-16/h4-7,16H,3,8-11,15H2,1-2H3. The normalized spacial score (nSPS) is 14.0. The van der Waals surface area contributed by atoms with E-state index < -0.39 is 5.54 Å². The van der Waals surface area contributed by atoms with Crippen LogP contribution in [0.15, 0.2) is 24.3 Å². The Morgan fingerprint density at radius 2 is 1.61 bits per heavy atom. The van der Waals surface area contributed by atoms with E-state index in [2.05, 4.69) is 6.92 Å². The van der Waals surface area contributed by atoms with Crippen LogP contribution in [0.4, 0.5) is 0 Å². The zero-order valence-corrected chi connectivity index (χ0v) is 11.2. The summed E-state index contributed by atoms with van der Waals surface area (Å²) < 4.78 is 11.0. The second-order valence-corrected chi connectivity index (χ2v) is 4.73. The summed E-state index contributed by atoms with van der Waals surface area (Å²) in [6.45, 7) is 5.05. The minimum atomic E-state index is -0.579. The van der Waals surface area contributed by atoms with Gasteiger partial charge in [-0.2, -0.15) is 0 Å². The highest BCUT2D eigenvalue weighted by Gasteiger charge is 2.16. The van der Waals surface area contributed by atoms with E-state index in [1.54, 1.807) is 6.92 Å². The first-order valence-electron chi connectivity index (χ1n) is 6.33. The maximum absolute atomic E-state index is 9.01. The lowest BCUT2D eigenvalue weighted by molar-refractivity contribution is 0.175. The summed E-state index contributed by atoms with van der Waals surface area (Å²) in [6.07, 6.45) is 1.60. The minimum Gasteiger partial charge on any atom is -0.494 e. The highest BCUT2D eigenvalue weighted by molar-refractivity contribution is 5.31. The number of hydrogen-bond acceptors (Lipinski definition) is 4. The van der Waals surface area contributed by atoms with E-state index in [-0.39, 0.29) is 6.61 Å². The van der Waals surface area contributed by atoms with Crippen LogP contribution in [0.5, 0.6) is 11.5 Å². The van der Waals surface area contributed by atoms with Gasteiger partial charge in [-0.3, -0.25) is 0 Å². The van der Waals surface area contributed by atoms with E-state index >= 15 is 0 Å². The highest BCUT2D eigenvalue weighted by Crippen LogP contribution is 2.18. The van der Waals surface area contributed by atoms with Crippen molar-refractivity contribution in [3.8, 4) is 11.5 Å². The zero-order valence-electron chi connectivity index (χ0n) is 11.2. The van der Waals surface area contributed by atoms with E-state index in [9.17, 15) is 0 Å². The quantitative estimate of drug-likeness (QED) is 0.743. The Balaban J connectivity index is 2.35. The molecule has 4 nitrogen and oxygen atoms in total. The third kappa shape index (κ3) is 5.38. The molecule has 0 heterocycles. The van der Waals surface area contributed by atoms with Gasteiger partial charge in [0.1, 0.15) is 11.5 Å². The third-order valence-corrected chi connectivity index (χ3v) is 2.60. The molecule has 4 heteroatoms. The predicted molar refractivity (Wildman–Crippen MR) is 72.0 cm³/mol. The summed E-state index contributed by atoms with van der Waals surface area (Å²) in [5.74, 6) is 1.64. The molecule has 0 radical (unpaired) electrons. The number of hydrogen-bond donors (Lipinski definition) is 2. The highest BCUT2D eigenvalue weighted by atomic mass is 16.5. The molecular weight excluding hydrogens is 230 g/mol. The third-order valence-electron chi connectivity index (χ3n) is 2.60. The van der Waals surface area contributed by atoms with E-state index in [0.29, 0.717) is 13.0 Å². The minimum absolute atomic E-state index is 0.0415. The molecule has 0 aliphatic heterocycles. The summed E-state index contributed by atoms with van der Waals surface area (Å²) in [5, 5.41) is 9.01. The Bertz CT molecular complexity index is 335. The van der Waals surface area contributed by atoms with Crippen LogP contribution in [0.2, 0.25) is 0 Å². The first-order chi connectivity index (χ1) is 8.57. The number of ether oxygens (including phenoxy) is 2. The van der Waals surface area contributed by atoms with Gasteiger partial charge in [0.25, 0.3) is 0 Å². The van der Waals surface area contributed by atoms with Crippen molar-refractivity contribution in [1.29, 1.82) is 0 Å². The van der Waals surface area contributed by atoms with Gasteiger partial charge in [0.15, 0.2) is 0 Å². The van der Waals surface area contributed by atoms with Crippen LogP contribution < -0.4 is 15.2 Å². The topological polar surface area (TPSA) is 64.7 Å². The smallest absolute Gasteiger partial charge is 0.119 e. The van der Waals surface area contributed by atoms with Crippen molar-refractivity contribution in [2.75, 3.05) is 19.8 Å². The molecule has 1 aromatic carbocycles. The molecule has 0 saturated heterocycles. The molecule has 18 heavy (non-hydrogen) atoms. The van der Waals surface area contributed by atoms with Crippen LogP contribution in [0.1, 0.15) is 26.7 Å². The molecule has 0 aliphatic carbocycles. The monoisotopic (exact) mass is 253 g/mol. The Morgan fingerprint density at radius 3 is 2.06 bits per heavy atom. The van der Waals surface area contributed by atoms with Crippen LogP contribution in [-0.2, 0) is 0 Å². The Hall–Kier alpha value is -1.26. The van der Waals surface area contributed by atoms with Gasteiger partial charge >= 0.3 is 0 Å². The van der Waals surface area contributed by atoms with Crippen LogP contribution in [0, 0.1) is 0 Å². The first kappa shape index (κ1) is 14.8. The summed E-state index contributed by atoms with van der Waals surface area (Å²) in [7, 11) is 0. The number of benzene rings is 1. The second-order valence-electron chi connectivity index (χ2n) is 4.73. The van der Waals surface area contributed by atoms with Gasteiger partial charge in [0.05, 0.1) is 19.8 Å². The average molecular weight is 253 g/mol. The number of nitrogens with two attached hydrogens (primary N) is 1. The Kier molecular flexibility index (Phi) is 5.95. The van der Waals surface area contributed by atoms with Crippen molar-refractivity contribution in [3.05, 3.63) is 24.3 Å². The fraction of sp³-hybridized carbons (Fsp3) is 0.571. The van der Waals surface area contributed by atoms with Crippen LogP contribution >= 0.6 is 0 Å². The van der Waals surface area contributed by atoms with Crippen molar-refractivity contribution >= 4 is 0 Å². The molecule has 102 valence electrons.